The summed E-state index contributed by atoms with van der Waals surface area (Å²) in [7, 11) is 1.96. The van der Waals surface area contributed by atoms with Crippen LogP contribution in [0, 0.1) is 0 Å². The van der Waals surface area contributed by atoms with Gasteiger partial charge in [0.25, 0.3) is 0 Å². The number of likely N-dealkylation sites (N-methyl/N-ethyl adjacent to an activating group) is 1. The second-order valence-corrected chi connectivity index (χ2v) is 3.68. The van der Waals surface area contributed by atoms with Gasteiger partial charge >= 0.3 is 0 Å². The van der Waals surface area contributed by atoms with Gasteiger partial charge < -0.3 is 10.2 Å². The molecule has 0 aromatic carbocycles. The lowest BCUT2D eigenvalue weighted by molar-refractivity contribution is 0.620. The minimum atomic E-state index is 0.959. The largest absolute Gasteiger partial charge is 0.325 e. The van der Waals surface area contributed by atoms with Gasteiger partial charge in [-0.3, -0.25) is 4.99 Å². The number of fused-ring (bicyclic) bond motifs is 1. The van der Waals surface area contributed by atoms with Gasteiger partial charge in [-0.2, -0.15) is 0 Å². The maximum absolute atomic E-state index is 4.36. The van der Waals surface area contributed by atoms with Crippen LogP contribution in [0.25, 0.3) is 0 Å². The maximum atomic E-state index is 4.36. The van der Waals surface area contributed by atoms with Crippen LogP contribution >= 0.6 is 11.8 Å². The normalized spacial score (nSPS) is 21.7. The molecule has 0 aromatic rings. The summed E-state index contributed by atoms with van der Waals surface area (Å²) < 4.78 is 0. The summed E-state index contributed by atoms with van der Waals surface area (Å²) in [5.41, 5.74) is 0. The first-order valence-electron chi connectivity index (χ1n) is 3.74. The molecule has 0 aliphatic carbocycles. The number of hydrogen-bond acceptors (Lipinski definition) is 4. The van der Waals surface area contributed by atoms with Crippen LogP contribution in [-0.2, 0) is 0 Å². The van der Waals surface area contributed by atoms with Crippen molar-refractivity contribution < 1.29 is 0 Å². The van der Waals surface area contributed by atoms with Gasteiger partial charge in [0.15, 0.2) is 5.17 Å². The highest BCUT2D eigenvalue weighted by atomic mass is 32.2. The minimum absolute atomic E-state index is 0.959. The zero-order chi connectivity index (χ0) is 7.68. The molecule has 4 heteroatoms. The van der Waals surface area contributed by atoms with Gasteiger partial charge in [0, 0.05) is 24.2 Å². The van der Waals surface area contributed by atoms with Crippen molar-refractivity contribution in [2.45, 2.75) is 0 Å². The third-order valence-electron chi connectivity index (χ3n) is 1.71. The maximum Gasteiger partial charge on any atom is 0.168 e. The molecule has 0 atom stereocenters. The number of hydrogen-bond donors (Lipinski definition) is 1. The highest BCUT2D eigenvalue weighted by molar-refractivity contribution is 8.17. The lowest BCUT2D eigenvalue weighted by atomic mass is 10.5. The zero-order valence-electron chi connectivity index (χ0n) is 6.50. The number of aliphatic imine (C=N–C) groups is 1. The third kappa shape index (κ3) is 1.28. The van der Waals surface area contributed by atoms with Gasteiger partial charge in [0.05, 0.1) is 6.54 Å². The summed E-state index contributed by atoms with van der Waals surface area (Å²) in [5, 5.41) is 4.30. The monoisotopic (exact) mass is 169 g/mol. The molecule has 3 nitrogen and oxygen atoms in total. The van der Waals surface area contributed by atoms with Gasteiger partial charge in [-0.05, 0) is 7.05 Å². The highest BCUT2D eigenvalue weighted by Crippen LogP contribution is 2.29. The van der Waals surface area contributed by atoms with Crippen LogP contribution in [0.1, 0.15) is 0 Å². The van der Waals surface area contributed by atoms with Crippen molar-refractivity contribution in [2.75, 3.05) is 26.7 Å². The number of rotatable bonds is 2. The number of amidine groups is 1. The van der Waals surface area contributed by atoms with E-state index in [0.29, 0.717) is 0 Å². The predicted octanol–water partition coefficient (Wildman–Crippen LogP) is 0.466. The molecule has 0 spiro atoms. The van der Waals surface area contributed by atoms with E-state index in [2.05, 4.69) is 21.4 Å². The van der Waals surface area contributed by atoms with Crippen LogP contribution in [0.4, 0.5) is 0 Å². The van der Waals surface area contributed by atoms with Gasteiger partial charge in [-0.1, -0.05) is 11.8 Å². The topological polar surface area (TPSA) is 27.6 Å². The lowest BCUT2D eigenvalue weighted by Gasteiger charge is -2.04. The molecule has 1 N–H and O–H groups in total. The molecule has 0 aromatic heterocycles. The Kier molecular flexibility index (Phi) is 1.87. The van der Waals surface area contributed by atoms with E-state index in [1.807, 2.05) is 7.05 Å². The van der Waals surface area contributed by atoms with Gasteiger partial charge in [-0.15, -0.1) is 0 Å². The molecule has 0 radical (unpaired) electrons. The molecule has 60 valence electrons. The van der Waals surface area contributed by atoms with Crippen molar-refractivity contribution in [3.8, 4) is 0 Å². The van der Waals surface area contributed by atoms with Crippen LogP contribution in [0.2, 0.25) is 0 Å². The Hall–Kier alpha value is -0.480. The van der Waals surface area contributed by atoms with Crippen LogP contribution in [0.15, 0.2) is 16.1 Å². The lowest BCUT2D eigenvalue weighted by Crippen LogP contribution is -2.14. The Morgan fingerprint density at radius 2 is 2.73 bits per heavy atom. The zero-order valence-corrected chi connectivity index (χ0v) is 7.32. The predicted molar refractivity (Wildman–Crippen MR) is 48.6 cm³/mol. The minimum Gasteiger partial charge on any atom is -0.325 e. The summed E-state index contributed by atoms with van der Waals surface area (Å²) in [6.07, 6.45) is 2.19. The number of nitrogens with zero attached hydrogens (tertiary/aromatic N) is 2. The second-order valence-electron chi connectivity index (χ2n) is 2.59. The second kappa shape index (κ2) is 2.87. The van der Waals surface area contributed by atoms with Crippen LogP contribution < -0.4 is 5.32 Å². The fourth-order valence-corrected chi connectivity index (χ4v) is 2.27. The first-order valence-corrected chi connectivity index (χ1v) is 4.56. The molecule has 11 heavy (non-hydrogen) atoms. The van der Waals surface area contributed by atoms with Crippen LogP contribution in [-0.4, -0.2) is 36.7 Å². The van der Waals surface area contributed by atoms with E-state index in [4.69, 9.17) is 0 Å². The van der Waals surface area contributed by atoms with Crippen molar-refractivity contribution in [1.29, 1.82) is 0 Å². The Morgan fingerprint density at radius 1 is 1.82 bits per heavy atom. The molecule has 2 heterocycles. The molecular formula is C7H11N3S. The molecule has 0 amide bonds. The van der Waals surface area contributed by atoms with E-state index in [1.165, 1.54) is 10.1 Å². The number of thioether (sulfide) groups is 1. The molecule has 2 aliphatic heterocycles. The Morgan fingerprint density at radius 3 is 3.45 bits per heavy atom. The summed E-state index contributed by atoms with van der Waals surface area (Å²) in [6, 6.07) is 0. The standard InChI is InChI=1S/C7H11N3S/c1-8-4-6-5-10-3-2-9-7(10)11-6/h5,8H,2-4H2,1H3. The molecule has 0 fully saturated rings. The van der Waals surface area contributed by atoms with E-state index in [-0.39, 0.29) is 0 Å². The summed E-state index contributed by atoms with van der Waals surface area (Å²) in [6.45, 7) is 2.99. The van der Waals surface area contributed by atoms with Gasteiger partial charge in [0.1, 0.15) is 0 Å². The van der Waals surface area contributed by atoms with Crippen molar-refractivity contribution in [1.82, 2.24) is 10.2 Å². The Balaban J connectivity index is 2.03. The van der Waals surface area contributed by atoms with Crippen molar-refractivity contribution >= 4 is 16.9 Å². The SMILES string of the molecule is CNCC1=CN2CCN=C2S1. The number of nitrogens with one attached hydrogen (secondary N) is 1. The highest BCUT2D eigenvalue weighted by Gasteiger charge is 2.23. The molecule has 2 aliphatic rings. The molecule has 0 saturated heterocycles. The van der Waals surface area contributed by atoms with Gasteiger partial charge in [0.2, 0.25) is 0 Å². The molecule has 0 bridgehead atoms. The van der Waals surface area contributed by atoms with Crippen molar-refractivity contribution in [3.63, 3.8) is 0 Å². The first-order chi connectivity index (χ1) is 5.40. The third-order valence-corrected chi connectivity index (χ3v) is 2.77. The quantitative estimate of drug-likeness (QED) is 0.651. The van der Waals surface area contributed by atoms with Crippen molar-refractivity contribution in [2.24, 2.45) is 4.99 Å². The summed E-state index contributed by atoms with van der Waals surface area (Å²) in [5.74, 6) is 0. The summed E-state index contributed by atoms with van der Waals surface area (Å²) >= 11 is 1.78. The summed E-state index contributed by atoms with van der Waals surface area (Å²) in [4.78, 5) is 7.94. The molecule has 2 rings (SSSR count). The Labute approximate surface area is 70.6 Å². The first kappa shape index (κ1) is 7.18. The average Bonchev–Trinajstić information content (AvgIpc) is 2.46. The smallest absolute Gasteiger partial charge is 0.168 e. The fraction of sp³-hybridized carbons (Fsp3) is 0.571. The van der Waals surface area contributed by atoms with E-state index in [0.717, 1.165) is 19.6 Å². The van der Waals surface area contributed by atoms with Gasteiger partial charge in [-0.25, -0.2) is 0 Å². The molecule has 0 saturated carbocycles. The van der Waals surface area contributed by atoms with E-state index >= 15 is 0 Å². The fourth-order valence-electron chi connectivity index (χ4n) is 1.22. The van der Waals surface area contributed by atoms with E-state index < -0.39 is 0 Å². The molecule has 0 unspecified atom stereocenters. The van der Waals surface area contributed by atoms with Crippen molar-refractivity contribution in [3.05, 3.63) is 11.1 Å². The Bertz CT molecular complexity index is 222. The van der Waals surface area contributed by atoms with Crippen LogP contribution in [0.3, 0.4) is 0 Å². The molecular weight excluding hydrogens is 158 g/mol. The van der Waals surface area contributed by atoms with Crippen LogP contribution in [0.5, 0.6) is 0 Å². The van der Waals surface area contributed by atoms with E-state index in [9.17, 15) is 0 Å². The van der Waals surface area contributed by atoms with E-state index in [1.54, 1.807) is 11.8 Å². The average molecular weight is 169 g/mol.